The summed E-state index contributed by atoms with van der Waals surface area (Å²) in [5, 5.41) is 25.5. The first-order valence-electron chi connectivity index (χ1n) is 6.76. The topological polar surface area (TPSA) is 79.4 Å². The molecule has 1 N–H and O–H groups in total. The Labute approximate surface area is 126 Å². The Balaban J connectivity index is 1.73. The Morgan fingerprint density at radius 3 is 2.62 bits per heavy atom. The summed E-state index contributed by atoms with van der Waals surface area (Å²) in [6, 6.07) is 7.06. The number of hydrogen-bond acceptors (Lipinski definition) is 6. The standard InChI is InChI=1S/C13H15ClN6O/c14-11-5-3-10(4-6-11)12(17-21)9-20-16-13(15-18-20)19-7-1-2-8-19/h3-6,21H,1-2,7-9H2/b17-12+. The van der Waals surface area contributed by atoms with Gasteiger partial charge in [0.1, 0.15) is 12.3 Å². The van der Waals surface area contributed by atoms with E-state index in [-0.39, 0.29) is 6.54 Å². The van der Waals surface area contributed by atoms with E-state index in [2.05, 4.69) is 25.5 Å². The van der Waals surface area contributed by atoms with Crippen LogP contribution in [0.25, 0.3) is 0 Å². The van der Waals surface area contributed by atoms with Crippen molar-refractivity contribution >= 4 is 23.3 Å². The molecule has 1 saturated heterocycles. The van der Waals surface area contributed by atoms with Crippen molar-refractivity contribution in [2.45, 2.75) is 19.4 Å². The Morgan fingerprint density at radius 2 is 1.95 bits per heavy atom. The largest absolute Gasteiger partial charge is 0.411 e. The number of halogens is 1. The molecule has 0 radical (unpaired) electrons. The molecule has 8 heteroatoms. The number of anilines is 1. The number of benzene rings is 1. The van der Waals surface area contributed by atoms with Crippen molar-refractivity contribution in [1.29, 1.82) is 0 Å². The Kier molecular flexibility index (Phi) is 4.01. The van der Waals surface area contributed by atoms with Crippen molar-refractivity contribution in [2.75, 3.05) is 18.0 Å². The van der Waals surface area contributed by atoms with Crippen LogP contribution in [0.15, 0.2) is 29.4 Å². The molecule has 3 rings (SSSR count). The van der Waals surface area contributed by atoms with Gasteiger partial charge in [0.2, 0.25) is 0 Å². The third-order valence-electron chi connectivity index (χ3n) is 3.42. The lowest BCUT2D eigenvalue weighted by molar-refractivity contribution is 0.316. The van der Waals surface area contributed by atoms with E-state index in [1.165, 1.54) is 4.80 Å². The summed E-state index contributed by atoms with van der Waals surface area (Å²) in [6.07, 6.45) is 2.31. The zero-order chi connectivity index (χ0) is 14.7. The second kappa shape index (κ2) is 6.09. The maximum Gasteiger partial charge on any atom is 0.266 e. The highest BCUT2D eigenvalue weighted by atomic mass is 35.5. The molecule has 0 saturated carbocycles. The molecule has 21 heavy (non-hydrogen) atoms. The minimum atomic E-state index is 0.249. The molecule has 7 nitrogen and oxygen atoms in total. The summed E-state index contributed by atoms with van der Waals surface area (Å²) in [5.74, 6) is 0.626. The Morgan fingerprint density at radius 1 is 1.24 bits per heavy atom. The van der Waals surface area contributed by atoms with E-state index in [0.717, 1.165) is 31.5 Å². The van der Waals surface area contributed by atoms with Crippen LogP contribution in [0.5, 0.6) is 0 Å². The predicted molar refractivity (Wildman–Crippen MR) is 79.0 cm³/mol. The molecule has 0 amide bonds. The van der Waals surface area contributed by atoms with E-state index in [1.54, 1.807) is 24.3 Å². The quantitative estimate of drug-likeness (QED) is 0.529. The van der Waals surface area contributed by atoms with Crippen LogP contribution < -0.4 is 4.90 Å². The van der Waals surface area contributed by atoms with Gasteiger partial charge < -0.3 is 10.1 Å². The first kappa shape index (κ1) is 13.8. The molecule has 0 spiro atoms. The monoisotopic (exact) mass is 306 g/mol. The fraction of sp³-hybridized carbons (Fsp3) is 0.385. The number of aromatic nitrogens is 4. The second-order valence-corrected chi connectivity index (χ2v) is 5.30. The van der Waals surface area contributed by atoms with Crippen molar-refractivity contribution in [2.24, 2.45) is 5.16 Å². The van der Waals surface area contributed by atoms with Crippen molar-refractivity contribution in [1.82, 2.24) is 20.2 Å². The second-order valence-electron chi connectivity index (χ2n) is 4.87. The van der Waals surface area contributed by atoms with Gasteiger partial charge in [0.25, 0.3) is 5.95 Å². The van der Waals surface area contributed by atoms with Gasteiger partial charge in [-0.1, -0.05) is 34.0 Å². The fourth-order valence-electron chi connectivity index (χ4n) is 2.30. The molecule has 0 aliphatic carbocycles. The lowest BCUT2D eigenvalue weighted by Gasteiger charge is -2.10. The molecule has 1 aromatic carbocycles. The average molecular weight is 307 g/mol. The minimum Gasteiger partial charge on any atom is -0.411 e. The zero-order valence-electron chi connectivity index (χ0n) is 11.4. The molecule has 1 aliphatic rings. The lowest BCUT2D eigenvalue weighted by Crippen LogP contribution is -2.20. The maximum absolute atomic E-state index is 9.18. The molecule has 2 aromatic rings. The Hall–Kier alpha value is -2.15. The molecule has 0 atom stereocenters. The van der Waals surface area contributed by atoms with Gasteiger partial charge >= 0.3 is 0 Å². The zero-order valence-corrected chi connectivity index (χ0v) is 12.1. The SMILES string of the molecule is O/N=C(\Cn1nnc(N2CCCC2)n1)c1ccc(Cl)cc1. The van der Waals surface area contributed by atoms with Gasteiger partial charge in [0.05, 0.1) is 0 Å². The fourth-order valence-corrected chi connectivity index (χ4v) is 2.43. The number of tetrazole rings is 1. The third kappa shape index (κ3) is 3.13. The molecule has 0 unspecified atom stereocenters. The Bertz CT molecular complexity index is 632. The lowest BCUT2D eigenvalue weighted by atomic mass is 10.1. The number of nitrogens with zero attached hydrogens (tertiary/aromatic N) is 6. The highest BCUT2D eigenvalue weighted by Gasteiger charge is 2.17. The van der Waals surface area contributed by atoms with Gasteiger partial charge in [0, 0.05) is 23.7 Å². The van der Waals surface area contributed by atoms with Crippen LogP contribution in [0.3, 0.4) is 0 Å². The smallest absolute Gasteiger partial charge is 0.266 e. The van der Waals surface area contributed by atoms with E-state index >= 15 is 0 Å². The van der Waals surface area contributed by atoms with Crippen LogP contribution in [0.2, 0.25) is 5.02 Å². The predicted octanol–water partition coefficient (Wildman–Crippen LogP) is 1.81. The van der Waals surface area contributed by atoms with Gasteiger partial charge in [-0.2, -0.15) is 4.80 Å². The maximum atomic E-state index is 9.18. The van der Waals surface area contributed by atoms with Gasteiger partial charge in [-0.05, 0) is 30.2 Å². The molecule has 1 aliphatic heterocycles. The van der Waals surface area contributed by atoms with Gasteiger partial charge in [-0.25, -0.2) is 0 Å². The average Bonchev–Trinajstić information content (AvgIpc) is 3.17. The van der Waals surface area contributed by atoms with E-state index in [1.807, 2.05) is 0 Å². The van der Waals surface area contributed by atoms with E-state index in [4.69, 9.17) is 11.6 Å². The minimum absolute atomic E-state index is 0.249. The molecular weight excluding hydrogens is 292 g/mol. The summed E-state index contributed by atoms with van der Waals surface area (Å²) >= 11 is 5.85. The molecule has 110 valence electrons. The third-order valence-corrected chi connectivity index (χ3v) is 3.67. The number of oxime groups is 1. The molecule has 0 bridgehead atoms. The van der Waals surface area contributed by atoms with Crippen molar-refractivity contribution in [3.63, 3.8) is 0 Å². The van der Waals surface area contributed by atoms with Crippen molar-refractivity contribution in [3.8, 4) is 0 Å². The number of hydrogen-bond donors (Lipinski definition) is 1. The normalized spacial score (nSPS) is 15.7. The van der Waals surface area contributed by atoms with E-state index < -0.39 is 0 Å². The molecule has 1 aromatic heterocycles. The van der Waals surface area contributed by atoms with Crippen molar-refractivity contribution < 1.29 is 5.21 Å². The summed E-state index contributed by atoms with van der Waals surface area (Å²) in [5.41, 5.74) is 1.22. The summed E-state index contributed by atoms with van der Waals surface area (Å²) in [7, 11) is 0. The molecular formula is C13H15ClN6O. The summed E-state index contributed by atoms with van der Waals surface area (Å²) in [4.78, 5) is 3.53. The van der Waals surface area contributed by atoms with Crippen LogP contribution in [0.4, 0.5) is 5.95 Å². The van der Waals surface area contributed by atoms with Gasteiger partial charge in [-0.15, -0.1) is 5.10 Å². The van der Waals surface area contributed by atoms with Crippen LogP contribution in [0.1, 0.15) is 18.4 Å². The first-order valence-corrected chi connectivity index (χ1v) is 7.13. The highest BCUT2D eigenvalue weighted by Crippen LogP contribution is 2.14. The van der Waals surface area contributed by atoms with E-state index in [0.29, 0.717) is 16.7 Å². The highest BCUT2D eigenvalue weighted by molar-refractivity contribution is 6.30. The molecule has 1 fully saturated rings. The first-order chi connectivity index (χ1) is 10.3. The summed E-state index contributed by atoms with van der Waals surface area (Å²) in [6.45, 7) is 2.17. The van der Waals surface area contributed by atoms with Crippen LogP contribution >= 0.6 is 11.6 Å². The van der Waals surface area contributed by atoms with Crippen LogP contribution in [-0.2, 0) is 6.54 Å². The van der Waals surface area contributed by atoms with Crippen LogP contribution in [0, 0.1) is 0 Å². The summed E-state index contributed by atoms with van der Waals surface area (Å²) < 4.78 is 0. The molecule has 2 heterocycles. The van der Waals surface area contributed by atoms with E-state index in [9.17, 15) is 5.21 Å². The van der Waals surface area contributed by atoms with Gasteiger partial charge in [0.15, 0.2) is 0 Å². The van der Waals surface area contributed by atoms with Gasteiger partial charge in [-0.3, -0.25) is 0 Å². The number of rotatable bonds is 4. The van der Waals surface area contributed by atoms with Crippen molar-refractivity contribution in [3.05, 3.63) is 34.9 Å². The van der Waals surface area contributed by atoms with Crippen LogP contribution in [-0.4, -0.2) is 44.2 Å².